The number of hydrogen-bond donors (Lipinski definition) is 2. The van der Waals surface area contributed by atoms with E-state index in [4.69, 9.17) is 14.2 Å². The van der Waals surface area contributed by atoms with E-state index in [1.165, 1.54) is 27.1 Å². The van der Waals surface area contributed by atoms with E-state index in [0.29, 0.717) is 28.8 Å². The van der Waals surface area contributed by atoms with Crippen LogP contribution in [0.1, 0.15) is 68.3 Å². The SMILES string of the molecule is CC(=O)O[C@H]1[C@H](n2ccc3c(C)ncnc32)O[C@H]([C@](C)(O)c2cc(C(F)F)c(F)c3c2CNCC3)[C@@]1(C)OC(C)=O. The zero-order valence-corrected chi connectivity index (χ0v) is 23.2. The highest BCUT2D eigenvalue weighted by molar-refractivity contribution is 5.78. The maximum Gasteiger partial charge on any atom is 0.303 e. The molecule has 0 aliphatic carbocycles. The van der Waals surface area contributed by atoms with E-state index < -0.39 is 59.4 Å². The summed E-state index contributed by atoms with van der Waals surface area (Å²) in [6.45, 7) is 7.34. The van der Waals surface area contributed by atoms with Crippen molar-refractivity contribution in [2.75, 3.05) is 6.54 Å². The number of nitrogens with one attached hydrogen (secondary N) is 1. The molecule has 0 bridgehead atoms. The maximum atomic E-state index is 15.1. The molecular weight excluding hydrogens is 545 g/mol. The van der Waals surface area contributed by atoms with E-state index in [1.54, 1.807) is 23.8 Å². The Bertz CT molecular complexity index is 1530. The van der Waals surface area contributed by atoms with Crippen LogP contribution in [0.2, 0.25) is 0 Å². The number of fused-ring (bicyclic) bond motifs is 2. The number of alkyl halides is 2. The first-order chi connectivity index (χ1) is 19.3. The third kappa shape index (κ3) is 4.75. The molecule has 13 heteroatoms. The lowest BCUT2D eigenvalue weighted by molar-refractivity contribution is -0.196. The van der Waals surface area contributed by atoms with E-state index >= 15 is 4.39 Å². The monoisotopic (exact) mass is 576 g/mol. The van der Waals surface area contributed by atoms with Gasteiger partial charge in [-0.2, -0.15) is 0 Å². The Morgan fingerprint density at radius 1 is 1.27 bits per heavy atom. The van der Waals surface area contributed by atoms with Crippen LogP contribution >= 0.6 is 0 Å². The second-order valence-corrected chi connectivity index (χ2v) is 10.8. The second kappa shape index (κ2) is 10.4. The van der Waals surface area contributed by atoms with Crippen molar-refractivity contribution in [3.05, 3.63) is 58.4 Å². The molecule has 0 amide bonds. The number of esters is 2. The molecule has 0 saturated carbocycles. The van der Waals surface area contributed by atoms with Gasteiger partial charge in [0.25, 0.3) is 6.43 Å². The highest BCUT2D eigenvalue weighted by atomic mass is 19.3. The summed E-state index contributed by atoms with van der Waals surface area (Å²) >= 11 is 0. The van der Waals surface area contributed by atoms with Gasteiger partial charge in [0.05, 0.1) is 11.3 Å². The first-order valence-electron chi connectivity index (χ1n) is 13.1. The van der Waals surface area contributed by atoms with Crippen molar-refractivity contribution in [2.45, 2.75) is 83.6 Å². The minimum absolute atomic E-state index is 0.0162. The van der Waals surface area contributed by atoms with Gasteiger partial charge in [0.15, 0.2) is 17.9 Å². The van der Waals surface area contributed by atoms with Crippen molar-refractivity contribution in [1.82, 2.24) is 19.9 Å². The van der Waals surface area contributed by atoms with Crippen LogP contribution in [-0.2, 0) is 42.4 Å². The molecule has 1 fully saturated rings. The van der Waals surface area contributed by atoms with Crippen LogP contribution in [0.3, 0.4) is 0 Å². The molecule has 2 aliphatic heterocycles. The second-order valence-electron chi connectivity index (χ2n) is 10.8. The molecule has 2 aliphatic rings. The van der Waals surface area contributed by atoms with E-state index in [-0.39, 0.29) is 24.1 Å². The average molecular weight is 577 g/mol. The Balaban J connectivity index is 1.72. The topological polar surface area (TPSA) is 125 Å². The molecule has 1 aromatic carbocycles. The van der Waals surface area contributed by atoms with E-state index in [2.05, 4.69) is 15.3 Å². The normalized spacial score (nSPS) is 25.7. The fourth-order valence-electron chi connectivity index (χ4n) is 6.17. The van der Waals surface area contributed by atoms with Crippen LogP contribution < -0.4 is 5.32 Å². The molecule has 0 unspecified atom stereocenters. The van der Waals surface area contributed by atoms with Gasteiger partial charge in [0, 0.05) is 32.0 Å². The molecule has 220 valence electrons. The molecule has 10 nitrogen and oxygen atoms in total. The van der Waals surface area contributed by atoms with Crippen LogP contribution in [0.5, 0.6) is 0 Å². The first-order valence-corrected chi connectivity index (χ1v) is 13.1. The quantitative estimate of drug-likeness (QED) is 0.424. The van der Waals surface area contributed by atoms with Crippen LogP contribution in [0, 0.1) is 12.7 Å². The molecule has 3 aromatic rings. The zero-order valence-electron chi connectivity index (χ0n) is 23.2. The maximum absolute atomic E-state index is 15.1. The summed E-state index contributed by atoms with van der Waals surface area (Å²) in [5.41, 5.74) is -3.38. The highest BCUT2D eigenvalue weighted by Gasteiger charge is 2.65. The number of benzene rings is 1. The Labute approximate surface area is 233 Å². The van der Waals surface area contributed by atoms with Gasteiger partial charge in [0.1, 0.15) is 29.5 Å². The summed E-state index contributed by atoms with van der Waals surface area (Å²) < 4.78 is 62.6. The number of ether oxygens (including phenoxy) is 3. The number of halogens is 3. The number of aromatic nitrogens is 3. The molecule has 0 spiro atoms. The molecule has 5 atom stereocenters. The third-order valence-electron chi connectivity index (χ3n) is 7.91. The van der Waals surface area contributed by atoms with Gasteiger partial charge in [-0.1, -0.05) is 0 Å². The summed E-state index contributed by atoms with van der Waals surface area (Å²) in [5.74, 6) is -2.50. The zero-order chi connectivity index (χ0) is 29.9. The van der Waals surface area contributed by atoms with Crippen LogP contribution in [0.25, 0.3) is 11.0 Å². The number of carbonyl (C=O) groups is 2. The average Bonchev–Trinajstić information content (AvgIpc) is 3.43. The van der Waals surface area contributed by atoms with E-state index in [9.17, 15) is 23.5 Å². The Morgan fingerprint density at radius 3 is 2.66 bits per heavy atom. The van der Waals surface area contributed by atoms with Crippen LogP contribution in [0.4, 0.5) is 13.2 Å². The van der Waals surface area contributed by atoms with Gasteiger partial charge in [-0.05, 0) is 62.6 Å². The number of nitrogens with zero attached hydrogens (tertiary/aromatic N) is 3. The number of rotatable bonds is 6. The lowest BCUT2D eigenvalue weighted by Crippen LogP contribution is -2.57. The predicted molar refractivity (Wildman–Crippen MR) is 138 cm³/mol. The molecule has 2 aromatic heterocycles. The van der Waals surface area contributed by atoms with Gasteiger partial charge >= 0.3 is 11.9 Å². The largest absolute Gasteiger partial charge is 0.453 e. The Hall–Kier alpha value is -3.55. The Kier molecular flexibility index (Phi) is 7.33. The lowest BCUT2D eigenvalue weighted by atomic mass is 9.76. The lowest BCUT2D eigenvalue weighted by Gasteiger charge is -2.41. The van der Waals surface area contributed by atoms with Crippen molar-refractivity contribution in [2.24, 2.45) is 0 Å². The number of hydrogen-bond acceptors (Lipinski definition) is 9. The molecule has 0 radical (unpaired) electrons. The summed E-state index contributed by atoms with van der Waals surface area (Å²) in [4.78, 5) is 33.3. The first kappa shape index (κ1) is 29.0. The summed E-state index contributed by atoms with van der Waals surface area (Å²) in [6, 6.07) is 2.67. The molecular formula is C28H31F3N4O6. The fraction of sp³-hybridized carbons (Fsp3) is 0.500. The summed E-state index contributed by atoms with van der Waals surface area (Å²) in [6.07, 6.45) is -3.99. The molecule has 4 heterocycles. The summed E-state index contributed by atoms with van der Waals surface area (Å²) in [5, 5.41) is 16.0. The minimum atomic E-state index is -3.15. The van der Waals surface area contributed by atoms with Crippen molar-refractivity contribution < 1.29 is 42.1 Å². The highest BCUT2D eigenvalue weighted by Crippen LogP contribution is 2.50. The number of aliphatic hydroxyl groups is 1. The van der Waals surface area contributed by atoms with Crippen molar-refractivity contribution in [3.63, 3.8) is 0 Å². The van der Waals surface area contributed by atoms with Gasteiger partial charge in [0.2, 0.25) is 0 Å². The molecule has 41 heavy (non-hydrogen) atoms. The van der Waals surface area contributed by atoms with Gasteiger partial charge in [-0.15, -0.1) is 0 Å². The van der Waals surface area contributed by atoms with Crippen LogP contribution in [0.15, 0.2) is 24.7 Å². The van der Waals surface area contributed by atoms with Crippen molar-refractivity contribution >= 4 is 23.0 Å². The van der Waals surface area contributed by atoms with E-state index in [1.807, 2.05) is 0 Å². The number of carbonyl (C=O) groups excluding carboxylic acids is 2. The van der Waals surface area contributed by atoms with Crippen molar-refractivity contribution in [3.8, 4) is 0 Å². The fourth-order valence-corrected chi connectivity index (χ4v) is 6.17. The van der Waals surface area contributed by atoms with Crippen LogP contribution in [-0.4, -0.2) is 55.9 Å². The third-order valence-corrected chi connectivity index (χ3v) is 7.91. The van der Waals surface area contributed by atoms with Gasteiger partial charge in [-0.25, -0.2) is 23.1 Å². The van der Waals surface area contributed by atoms with Crippen molar-refractivity contribution in [1.29, 1.82) is 0 Å². The van der Waals surface area contributed by atoms with Gasteiger partial charge < -0.3 is 29.2 Å². The standard InChI is InChI=1S/C28H31F3N4O6/c1-13-16-7-9-35(24(16)34-12-33-13)25-22(39-14(2)36)28(5,41-15(3)37)26(40-25)27(4,38)20-10-18(23(30)31)21(29)17-6-8-32-11-19(17)20/h7,9-10,12,22-23,25-26,32,38H,6,8,11H2,1-5H3/t22-,25+,26+,27+,28-/m0/s1. The molecule has 1 saturated heterocycles. The smallest absolute Gasteiger partial charge is 0.303 e. The molecule has 2 N–H and O–H groups in total. The summed E-state index contributed by atoms with van der Waals surface area (Å²) in [7, 11) is 0. The van der Waals surface area contributed by atoms with Gasteiger partial charge in [-0.3, -0.25) is 9.59 Å². The molecule has 5 rings (SSSR count). The van der Waals surface area contributed by atoms with E-state index in [0.717, 1.165) is 13.0 Å². The minimum Gasteiger partial charge on any atom is -0.453 e. The Morgan fingerprint density at radius 2 is 2.00 bits per heavy atom. The predicted octanol–water partition coefficient (Wildman–Crippen LogP) is 3.52. The number of aryl methyl sites for hydroxylation is 1.